The molecule has 0 radical (unpaired) electrons. The number of amidine groups is 1. The fourth-order valence-corrected chi connectivity index (χ4v) is 2.37. The lowest BCUT2D eigenvalue weighted by Gasteiger charge is -2.25. The van der Waals surface area contributed by atoms with Crippen molar-refractivity contribution in [2.45, 2.75) is 25.7 Å². The Morgan fingerprint density at radius 1 is 1.50 bits per heavy atom. The summed E-state index contributed by atoms with van der Waals surface area (Å²) in [6.07, 6.45) is 6.47. The Hall–Kier alpha value is -2.61. The molecule has 2 heterocycles. The summed E-state index contributed by atoms with van der Waals surface area (Å²) in [6.45, 7) is 2.04. The Kier molecular flexibility index (Phi) is 4.16. The number of hydrogen-bond acceptors (Lipinski definition) is 5. The van der Waals surface area contributed by atoms with Gasteiger partial charge in [-0.05, 0) is 18.1 Å². The van der Waals surface area contributed by atoms with Crippen LogP contribution < -0.4 is 11.5 Å². The van der Waals surface area contributed by atoms with Gasteiger partial charge in [-0.1, -0.05) is 19.4 Å². The second-order valence-corrected chi connectivity index (χ2v) is 4.56. The van der Waals surface area contributed by atoms with Gasteiger partial charge in [-0.3, -0.25) is 4.98 Å². The molecule has 102 valence electrons. The van der Waals surface area contributed by atoms with E-state index in [0.717, 1.165) is 24.1 Å². The molecule has 0 aromatic carbocycles. The summed E-state index contributed by atoms with van der Waals surface area (Å²) in [5.41, 5.74) is 14.6. The van der Waals surface area contributed by atoms with Crippen molar-refractivity contribution >= 4 is 5.84 Å². The maximum atomic E-state index is 9.51. The molecule has 1 aliphatic heterocycles. The van der Waals surface area contributed by atoms with E-state index in [1.54, 1.807) is 12.4 Å². The highest BCUT2D eigenvalue weighted by molar-refractivity contribution is 6.01. The number of aliphatic imine (C=N–C) groups is 1. The maximum Gasteiger partial charge on any atom is 0.129 e. The van der Waals surface area contributed by atoms with Crippen molar-refractivity contribution in [1.82, 2.24) is 4.98 Å². The summed E-state index contributed by atoms with van der Waals surface area (Å²) in [7, 11) is 0. The Morgan fingerprint density at radius 2 is 2.30 bits per heavy atom. The molecule has 1 unspecified atom stereocenters. The monoisotopic (exact) mass is 267 g/mol. The van der Waals surface area contributed by atoms with E-state index in [0.29, 0.717) is 17.0 Å². The first-order valence-electron chi connectivity index (χ1n) is 6.52. The molecule has 0 bridgehead atoms. The molecule has 4 N–H and O–H groups in total. The molecular formula is C15H17N5. The van der Waals surface area contributed by atoms with Gasteiger partial charge in [0.05, 0.1) is 23.3 Å². The predicted molar refractivity (Wildman–Crippen MR) is 78.4 cm³/mol. The zero-order valence-corrected chi connectivity index (χ0v) is 11.4. The molecule has 1 atom stereocenters. The molecule has 5 heteroatoms. The summed E-state index contributed by atoms with van der Waals surface area (Å²) in [6, 6.07) is 6.02. The molecule has 1 aromatic heterocycles. The van der Waals surface area contributed by atoms with E-state index in [9.17, 15) is 5.26 Å². The average molecular weight is 267 g/mol. The molecule has 0 amide bonds. The number of rotatable bonds is 3. The lowest BCUT2D eigenvalue weighted by Crippen LogP contribution is -2.26. The van der Waals surface area contributed by atoms with Gasteiger partial charge < -0.3 is 11.5 Å². The second kappa shape index (κ2) is 6.02. The third-order valence-corrected chi connectivity index (χ3v) is 3.27. The standard InChI is InChI=1S/C15H17N5/c1-2-4-13-11(7-16)14(10-5-3-6-19-9-10)12(8-17)15(18)20-13/h3,5-6,8-9,14H,2,4,17H2,1H3,(H2,18,20)/b12-8-. The lowest BCUT2D eigenvalue weighted by molar-refractivity contribution is 0.834. The average Bonchev–Trinajstić information content (AvgIpc) is 2.48. The number of aromatic nitrogens is 1. The lowest BCUT2D eigenvalue weighted by atomic mass is 9.82. The van der Waals surface area contributed by atoms with E-state index in [1.807, 2.05) is 19.1 Å². The predicted octanol–water partition coefficient (Wildman–Crippen LogP) is 1.96. The first-order valence-corrected chi connectivity index (χ1v) is 6.52. The van der Waals surface area contributed by atoms with Crippen molar-refractivity contribution in [3.8, 4) is 6.07 Å². The van der Waals surface area contributed by atoms with Gasteiger partial charge in [0.1, 0.15) is 5.84 Å². The first-order chi connectivity index (χ1) is 9.72. The maximum absolute atomic E-state index is 9.51. The van der Waals surface area contributed by atoms with E-state index in [1.165, 1.54) is 6.20 Å². The molecule has 1 aromatic rings. The van der Waals surface area contributed by atoms with Crippen molar-refractivity contribution < 1.29 is 0 Å². The highest BCUT2D eigenvalue weighted by Gasteiger charge is 2.30. The van der Waals surface area contributed by atoms with Crippen molar-refractivity contribution in [3.05, 3.63) is 53.1 Å². The number of nitriles is 1. The number of pyridine rings is 1. The third kappa shape index (κ3) is 2.41. The Morgan fingerprint density at radius 3 is 2.85 bits per heavy atom. The Balaban J connectivity index is 2.61. The molecule has 0 saturated heterocycles. The fraction of sp³-hybridized carbons (Fsp3) is 0.267. The minimum atomic E-state index is -0.280. The summed E-state index contributed by atoms with van der Waals surface area (Å²) < 4.78 is 0. The zero-order valence-electron chi connectivity index (χ0n) is 11.4. The summed E-state index contributed by atoms with van der Waals surface area (Å²) in [5, 5.41) is 9.51. The van der Waals surface area contributed by atoms with Crippen molar-refractivity contribution in [2.75, 3.05) is 0 Å². The van der Waals surface area contributed by atoms with Crippen LogP contribution >= 0.6 is 0 Å². The molecule has 0 spiro atoms. The fourth-order valence-electron chi connectivity index (χ4n) is 2.37. The molecule has 5 nitrogen and oxygen atoms in total. The van der Waals surface area contributed by atoms with Gasteiger partial charge in [-0.2, -0.15) is 5.26 Å². The molecule has 0 aliphatic carbocycles. The van der Waals surface area contributed by atoms with Crippen LogP contribution in [-0.4, -0.2) is 10.8 Å². The quantitative estimate of drug-likeness (QED) is 0.873. The number of allylic oxidation sites excluding steroid dienone is 2. The minimum Gasteiger partial charge on any atom is -0.404 e. The van der Waals surface area contributed by atoms with Gasteiger partial charge in [0.25, 0.3) is 0 Å². The molecule has 20 heavy (non-hydrogen) atoms. The Labute approximate surface area is 118 Å². The van der Waals surface area contributed by atoms with Crippen LogP contribution in [0.25, 0.3) is 0 Å². The smallest absolute Gasteiger partial charge is 0.129 e. The van der Waals surface area contributed by atoms with E-state index in [2.05, 4.69) is 16.0 Å². The third-order valence-electron chi connectivity index (χ3n) is 3.27. The van der Waals surface area contributed by atoms with Crippen LogP contribution in [0.3, 0.4) is 0 Å². The van der Waals surface area contributed by atoms with E-state index < -0.39 is 0 Å². The van der Waals surface area contributed by atoms with E-state index in [-0.39, 0.29) is 5.92 Å². The topological polar surface area (TPSA) is 101 Å². The molecule has 1 aliphatic rings. The normalized spacial score (nSPS) is 20.7. The number of nitrogens with two attached hydrogens (primary N) is 2. The van der Waals surface area contributed by atoms with Gasteiger partial charge in [0.15, 0.2) is 0 Å². The summed E-state index contributed by atoms with van der Waals surface area (Å²) in [5.74, 6) is 0.0987. The van der Waals surface area contributed by atoms with Gasteiger partial charge in [0.2, 0.25) is 0 Å². The SMILES string of the molecule is CCCC1=C(C#N)C(c2cccnc2)/C(=C/N)C(N)=N1. The van der Waals surface area contributed by atoms with Gasteiger partial charge >= 0.3 is 0 Å². The number of nitrogens with zero attached hydrogens (tertiary/aromatic N) is 3. The molecule has 0 fully saturated rings. The van der Waals surface area contributed by atoms with Gasteiger partial charge in [0, 0.05) is 24.2 Å². The first kappa shape index (κ1) is 13.8. The van der Waals surface area contributed by atoms with E-state index in [4.69, 9.17) is 11.5 Å². The van der Waals surface area contributed by atoms with Crippen molar-refractivity contribution in [1.29, 1.82) is 5.26 Å². The van der Waals surface area contributed by atoms with Crippen LogP contribution in [0, 0.1) is 11.3 Å². The second-order valence-electron chi connectivity index (χ2n) is 4.56. The van der Waals surface area contributed by atoms with Crippen LogP contribution in [0.2, 0.25) is 0 Å². The Bertz CT molecular complexity index is 619. The van der Waals surface area contributed by atoms with Gasteiger partial charge in [-0.25, -0.2) is 4.99 Å². The van der Waals surface area contributed by atoms with Crippen LogP contribution in [0.1, 0.15) is 31.2 Å². The van der Waals surface area contributed by atoms with Crippen LogP contribution in [0.4, 0.5) is 0 Å². The highest BCUT2D eigenvalue weighted by Crippen LogP contribution is 2.37. The summed E-state index contributed by atoms with van der Waals surface area (Å²) >= 11 is 0. The van der Waals surface area contributed by atoms with Gasteiger partial charge in [-0.15, -0.1) is 0 Å². The van der Waals surface area contributed by atoms with E-state index >= 15 is 0 Å². The van der Waals surface area contributed by atoms with Crippen LogP contribution in [0.5, 0.6) is 0 Å². The molecule has 2 rings (SSSR count). The summed E-state index contributed by atoms with van der Waals surface area (Å²) in [4.78, 5) is 8.45. The van der Waals surface area contributed by atoms with Crippen molar-refractivity contribution in [3.63, 3.8) is 0 Å². The zero-order chi connectivity index (χ0) is 14.5. The minimum absolute atomic E-state index is 0.280. The number of hydrogen-bond donors (Lipinski definition) is 2. The molecular weight excluding hydrogens is 250 g/mol. The van der Waals surface area contributed by atoms with Crippen LogP contribution in [0.15, 0.2) is 52.6 Å². The highest BCUT2D eigenvalue weighted by atomic mass is 14.9. The molecule has 0 saturated carbocycles. The largest absolute Gasteiger partial charge is 0.404 e. The van der Waals surface area contributed by atoms with Crippen LogP contribution in [-0.2, 0) is 0 Å². The van der Waals surface area contributed by atoms with Crippen molar-refractivity contribution in [2.24, 2.45) is 16.5 Å².